The molecule has 4 heteroatoms. The molecule has 0 atom stereocenters. The predicted octanol–water partition coefficient (Wildman–Crippen LogP) is 3.41. The van der Waals surface area contributed by atoms with Crippen LogP contribution >= 0.6 is 0 Å². The van der Waals surface area contributed by atoms with E-state index in [1.807, 2.05) is 24.3 Å². The van der Waals surface area contributed by atoms with E-state index in [1.165, 1.54) is 11.9 Å². The Balaban J connectivity index is 2.11. The average Bonchev–Trinajstić information content (AvgIpc) is 2.86. The minimum absolute atomic E-state index is 0.0841. The van der Waals surface area contributed by atoms with E-state index < -0.39 is 0 Å². The Morgan fingerprint density at radius 2 is 1.86 bits per heavy atom. The van der Waals surface area contributed by atoms with Gasteiger partial charge >= 0.3 is 0 Å². The third-order valence-corrected chi connectivity index (χ3v) is 3.52. The highest BCUT2D eigenvalue weighted by Crippen LogP contribution is 2.22. The summed E-state index contributed by atoms with van der Waals surface area (Å²) >= 11 is 0. The topological polar surface area (TPSA) is 47.8 Å². The summed E-state index contributed by atoms with van der Waals surface area (Å²) in [6.45, 7) is 9.37. The first kappa shape index (κ1) is 15.4. The molecule has 0 spiro atoms. The molecule has 21 heavy (non-hydrogen) atoms. The number of carbonyl (C=O) groups excluding carboxylic acids is 1. The molecule has 0 amide bonds. The molecule has 1 heterocycles. The summed E-state index contributed by atoms with van der Waals surface area (Å²) in [4.78, 5) is 16.5. The average molecular weight is 285 g/mol. The number of carbonyl (C=O) groups is 1. The smallest absolute Gasteiger partial charge is 0.170 e. The largest absolute Gasteiger partial charge is 0.294 e. The molecule has 4 nitrogen and oxygen atoms in total. The third kappa shape index (κ3) is 3.78. The number of benzene rings is 1. The molecule has 2 aromatic rings. The highest BCUT2D eigenvalue weighted by atomic mass is 16.1. The van der Waals surface area contributed by atoms with E-state index in [0.29, 0.717) is 6.42 Å². The van der Waals surface area contributed by atoms with Gasteiger partial charge in [-0.25, -0.2) is 9.67 Å². The minimum atomic E-state index is 0.0841. The second-order valence-electron chi connectivity index (χ2n) is 6.33. The van der Waals surface area contributed by atoms with Gasteiger partial charge in [-0.05, 0) is 17.4 Å². The summed E-state index contributed by atoms with van der Waals surface area (Å²) in [7, 11) is 0. The van der Waals surface area contributed by atoms with Crippen LogP contribution in [-0.4, -0.2) is 20.5 Å². The van der Waals surface area contributed by atoms with Gasteiger partial charge in [0.25, 0.3) is 0 Å². The van der Waals surface area contributed by atoms with Crippen LogP contribution in [0.25, 0.3) is 0 Å². The number of ketones is 1. The monoisotopic (exact) mass is 285 g/mol. The predicted molar refractivity (Wildman–Crippen MR) is 83.5 cm³/mol. The fourth-order valence-electron chi connectivity index (χ4n) is 2.23. The summed E-state index contributed by atoms with van der Waals surface area (Å²) in [5.74, 6) is 0.822. The van der Waals surface area contributed by atoms with Crippen LogP contribution in [0.5, 0.6) is 0 Å². The summed E-state index contributed by atoms with van der Waals surface area (Å²) in [6, 6.07) is 7.88. The molecule has 0 aliphatic heterocycles. The Labute approximate surface area is 126 Å². The van der Waals surface area contributed by atoms with Gasteiger partial charge in [0.15, 0.2) is 5.78 Å². The Hall–Kier alpha value is -1.97. The first-order valence-electron chi connectivity index (χ1n) is 7.42. The van der Waals surface area contributed by atoms with Gasteiger partial charge in [-0.2, -0.15) is 5.10 Å². The quantitative estimate of drug-likeness (QED) is 0.791. The maximum atomic E-state index is 12.3. The summed E-state index contributed by atoms with van der Waals surface area (Å²) < 4.78 is 1.81. The zero-order chi connectivity index (χ0) is 15.5. The molecule has 0 saturated heterocycles. The molecule has 1 aromatic heterocycles. The molecular formula is C17H23N3O. The van der Waals surface area contributed by atoms with Gasteiger partial charge in [0.2, 0.25) is 0 Å². The number of Topliss-reactive ketones (excluding diaryl/α,β-unsaturated/α-hetero) is 1. The van der Waals surface area contributed by atoms with Crippen molar-refractivity contribution in [3.63, 3.8) is 0 Å². The van der Waals surface area contributed by atoms with Crippen molar-refractivity contribution >= 4 is 5.78 Å². The standard InChI is InChI=1S/C17H23N3O/c1-5-10-20-16(18-12-19-20)11-15(21)13-6-8-14(9-7-13)17(2,3)4/h6-9,12H,5,10-11H2,1-4H3. The SMILES string of the molecule is CCCn1ncnc1CC(=O)c1ccc(C(C)(C)C)cc1. The zero-order valence-electron chi connectivity index (χ0n) is 13.3. The van der Waals surface area contributed by atoms with Crippen LogP contribution in [0.2, 0.25) is 0 Å². The fraction of sp³-hybridized carbons (Fsp3) is 0.471. The van der Waals surface area contributed by atoms with Crippen LogP contribution in [-0.2, 0) is 18.4 Å². The lowest BCUT2D eigenvalue weighted by atomic mass is 9.86. The summed E-state index contributed by atoms with van der Waals surface area (Å²) in [5.41, 5.74) is 2.06. The Kier molecular flexibility index (Phi) is 4.56. The van der Waals surface area contributed by atoms with Crippen molar-refractivity contribution in [3.05, 3.63) is 47.5 Å². The third-order valence-electron chi connectivity index (χ3n) is 3.52. The number of aromatic nitrogens is 3. The van der Waals surface area contributed by atoms with Gasteiger partial charge < -0.3 is 0 Å². The van der Waals surface area contributed by atoms with Crippen LogP contribution in [0.3, 0.4) is 0 Å². The van der Waals surface area contributed by atoms with Crippen molar-refractivity contribution < 1.29 is 4.79 Å². The minimum Gasteiger partial charge on any atom is -0.294 e. The van der Waals surface area contributed by atoms with Crippen LogP contribution < -0.4 is 0 Å². The Morgan fingerprint density at radius 3 is 2.43 bits per heavy atom. The molecule has 112 valence electrons. The molecule has 0 aliphatic carbocycles. The van der Waals surface area contributed by atoms with Crippen molar-refractivity contribution in [1.29, 1.82) is 0 Å². The Morgan fingerprint density at radius 1 is 1.19 bits per heavy atom. The number of hydrogen-bond acceptors (Lipinski definition) is 3. The van der Waals surface area contributed by atoms with Crippen molar-refractivity contribution in [2.24, 2.45) is 0 Å². The molecule has 0 radical (unpaired) electrons. The van der Waals surface area contributed by atoms with E-state index in [9.17, 15) is 4.79 Å². The van der Waals surface area contributed by atoms with E-state index >= 15 is 0 Å². The van der Waals surface area contributed by atoms with E-state index in [0.717, 1.165) is 24.4 Å². The van der Waals surface area contributed by atoms with E-state index in [-0.39, 0.29) is 11.2 Å². The lowest BCUT2D eigenvalue weighted by molar-refractivity contribution is 0.0989. The molecule has 0 unspecified atom stereocenters. The number of aryl methyl sites for hydroxylation is 1. The van der Waals surface area contributed by atoms with Gasteiger partial charge in [-0.15, -0.1) is 0 Å². The van der Waals surface area contributed by atoms with Gasteiger partial charge in [-0.3, -0.25) is 4.79 Å². The molecule has 1 aromatic carbocycles. The van der Waals surface area contributed by atoms with Gasteiger partial charge in [0.05, 0.1) is 6.42 Å². The second-order valence-corrected chi connectivity index (χ2v) is 6.33. The van der Waals surface area contributed by atoms with Crippen molar-refractivity contribution in [3.8, 4) is 0 Å². The number of hydrogen-bond donors (Lipinski definition) is 0. The van der Waals surface area contributed by atoms with E-state index in [4.69, 9.17) is 0 Å². The van der Waals surface area contributed by atoms with Gasteiger partial charge in [0, 0.05) is 12.1 Å². The maximum absolute atomic E-state index is 12.3. The van der Waals surface area contributed by atoms with E-state index in [2.05, 4.69) is 37.8 Å². The van der Waals surface area contributed by atoms with Gasteiger partial charge in [0.1, 0.15) is 12.2 Å². The molecule has 0 bridgehead atoms. The molecule has 0 N–H and O–H groups in total. The summed E-state index contributed by atoms with van der Waals surface area (Å²) in [5, 5.41) is 4.15. The highest BCUT2D eigenvalue weighted by Gasteiger charge is 2.15. The van der Waals surface area contributed by atoms with Crippen molar-refractivity contribution in [2.75, 3.05) is 0 Å². The van der Waals surface area contributed by atoms with E-state index in [1.54, 1.807) is 4.68 Å². The van der Waals surface area contributed by atoms with Crippen molar-refractivity contribution in [2.45, 2.75) is 52.5 Å². The normalized spacial score (nSPS) is 11.6. The number of rotatable bonds is 5. The zero-order valence-corrected chi connectivity index (χ0v) is 13.3. The van der Waals surface area contributed by atoms with Crippen LogP contribution in [0.15, 0.2) is 30.6 Å². The number of nitrogens with zero attached hydrogens (tertiary/aromatic N) is 3. The highest BCUT2D eigenvalue weighted by molar-refractivity contribution is 5.97. The molecule has 2 rings (SSSR count). The lowest BCUT2D eigenvalue weighted by Gasteiger charge is -2.18. The van der Waals surface area contributed by atoms with Crippen LogP contribution in [0, 0.1) is 0 Å². The lowest BCUT2D eigenvalue weighted by Crippen LogP contribution is -2.13. The van der Waals surface area contributed by atoms with Crippen LogP contribution in [0.1, 0.15) is 55.9 Å². The maximum Gasteiger partial charge on any atom is 0.170 e. The molecule has 0 fully saturated rings. The fourth-order valence-corrected chi connectivity index (χ4v) is 2.23. The van der Waals surface area contributed by atoms with Crippen LogP contribution in [0.4, 0.5) is 0 Å². The first-order valence-corrected chi connectivity index (χ1v) is 7.42. The van der Waals surface area contributed by atoms with Crippen molar-refractivity contribution in [1.82, 2.24) is 14.8 Å². The summed E-state index contributed by atoms with van der Waals surface area (Å²) in [6.07, 6.45) is 2.79. The van der Waals surface area contributed by atoms with Gasteiger partial charge in [-0.1, -0.05) is 52.0 Å². The molecular weight excluding hydrogens is 262 g/mol. The second kappa shape index (κ2) is 6.20. The molecule has 0 aliphatic rings. The Bertz CT molecular complexity index is 606. The first-order chi connectivity index (χ1) is 9.91. The molecule has 0 saturated carbocycles.